The van der Waals surface area contributed by atoms with Crippen LogP contribution in [0.15, 0.2) is 54.7 Å². The number of aryl methyl sites for hydroxylation is 1. The molecule has 1 aliphatic carbocycles. The molecule has 13 heteroatoms. The average molecular weight is 849 g/mol. The lowest BCUT2D eigenvalue weighted by Gasteiger charge is -2.37. The molecule has 1 saturated heterocycles. The Bertz CT molecular complexity index is 2370. The van der Waals surface area contributed by atoms with Crippen LogP contribution in [0.3, 0.4) is 0 Å². The highest BCUT2D eigenvalue weighted by Crippen LogP contribution is 2.52. The number of ether oxygens (including phenoxy) is 2. The zero-order valence-corrected chi connectivity index (χ0v) is 38.0. The summed E-state index contributed by atoms with van der Waals surface area (Å²) in [5.41, 5.74) is 9.61. The van der Waals surface area contributed by atoms with Crippen molar-refractivity contribution >= 4 is 34.6 Å². The van der Waals surface area contributed by atoms with Crippen LogP contribution in [0.1, 0.15) is 97.6 Å². The van der Waals surface area contributed by atoms with E-state index in [0.29, 0.717) is 37.9 Å². The van der Waals surface area contributed by atoms with Crippen molar-refractivity contribution in [2.45, 2.75) is 118 Å². The number of rotatable bonds is 9. The van der Waals surface area contributed by atoms with Gasteiger partial charge in [0, 0.05) is 67.7 Å². The van der Waals surface area contributed by atoms with E-state index in [-0.39, 0.29) is 48.0 Å². The molecule has 3 N–H and O–H groups in total. The molecule has 1 saturated carbocycles. The maximum Gasteiger partial charge on any atom is 0.324 e. The maximum atomic E-state index is 14.6. The third-order valence-electron chi connectivity index (χ3n) is 13.2. The van der Waals surface area contributed by atoms with Crippen molar-refractivity contribution in [1.82, 2.24) is 30.2 Å². The molecule has 4 aromatic rings. The standard InChI is InChI=1S/C49H64N6O7/c1-11-54-40-17-16-31-24-35(40)36(43(54)34-14-12-18-50-41(34)29(4)61-10)25-48(5,6)27-62-47(60)38-15-13-19-55(52-38)46(59)39(22-30-20-32(31)23-33(56)21-30)51-44(57)42(28(2)3)53(9)45(58)37-26-49(37,7)8/h12,14,16-18,20-21,23-24,28-29,37-39,42,52,56H,11,13,15,19,22,25-27H2,1-10H3,(H,51,57)/t29-,37-,38-,39-,42-/m0/s1. The van der Waals surface area contributed by atoms with E-state index in [0.717, 1.165) is 51.0 Å². The Kier molecular flexibility index (Phi) is 12.6. The summed E-state index contributed by atoms with van der Waals surface area (Å²) in [5, 5.41) is 16.7. The summed E-state index contributed by atoms with van der Waals surface area (Å²) >= 11 is 0. The SMILES string of the molecule is CCn1c(-c2cccnc2[C@H](C)OC)c2c3cc(ccc31)-c1cc(O)cc(c1)C[C@H](NC(=O)[C@H](C(C)C)N(C)C(=O)[C@@H]1CC1(C)C)C(=O)N1CCC[C@H](N1)C(=O)OCC(C)(C)C2. The van der Waals surface area contributed by atoms with Gasteiger partial charge in [-0.1, -0.05) is 53.7 Å². The molecule has 4 heterocycles. The predicted molar refractivity (Wildman–Crippen MR) is 239 cm³/mol. The molecule has 62 heavy (non-hydrogen) atoms. The number of fused-ring (bicyclic) bond motifs is 6. The number of likely N-dealkylation sites (N-methyl/N-ethyl adjacent to an activating group) is 1. The van der Waals surface area contributed by atoms with Crippen LogP contribution in [0.2, 0.25) is 0 Å². The van der Waals surface area contributed by atoms with E-state index >= 15 is 0 Å². The first-order chi connectivity index (χ1) is 29.3. The molecule has 0 unspecified atom stereocenters. The minimum absolute atomic E-state index is 0.0163. The number of carbonyl (C=O) groups excluding carboxylic acids is 4. The topological polar surface area (TPSA) is 155 Å². The van der Waals surface area contributed by atoms with Crippen molar-refractivity contribution in [3.05, 3.63) is 71.5 Å². The fourth-order valence-corrected chi connectivity index (χ4v) is 9.52. The average Bonchev–Trinajstić information content (AvgIpc) is 3.78. The maximum absolute atomic E-state index is 14.6. The number of amides is 3. The monoisotopic (exact) mass is 848 g/mol. The minimum Gasteiger partial charge on any atom is -0.508 e. The molecule has 2 aromatic carbocycles. The molecule has 5 atom stereocenters. The van der Waals surface area contributed by atoms with Gasteiger partial charge in [-0.05, 0) is 110 Å². The number of hydrogen-bond donors (Lipinski definition) is 3. The van der Waals surface area contributed by atoms with Crippen molar-refractivity contribution in [2.75, 3.05) is 27.3 Å². The van der Waals surface area contributed by atoms with E-state index in [1.807, 2.05) is 52.8 Å². The molecule has 7 rings (SSSR count). The smallest absolute Gasteiger partial charge is 0.324 e. The van der Waals surface area contributed by atoms with Gasteiger partial charge < -0.3 is 29.4 Å². The summed E-state index contributed by atoms with van der Waals surface area (Å²) in [6.45, 7) is 17.3. The number of aromatic nitrogens is 2. The van der Waals surface area contributed by atoms with E-state index in [2.05, 4.69) is 54.3 Å². The molecule has 3 aliphatic rings. The summed E-state index contributed by atoms with van der Waals surface area (Å²) in [7, 11) is 3.34. The highest BCUT2D eigenvalue weighted by Gasteiger charge is 2.53. The van der Waals surface area contributed by atoms with Gasteiger partial charge in [-0.3, -0.25) is 29.2 Å². The number of carbonyl (C=O) groups is 4. The molecule has 0 radical (unpaired) electrons. The minimum atomic E-state index is -1.10. The molecule has 6 bridgehead atoms. The normalized spacial score (nSPS) is 22.1. The number of pyridine rings is 1. The van der Waals surface area contributed by atoms with Crippen LogP contribution >= 0.6 is 0 Å². The number of esters is 1. The van der Waals surface area contributed by atoms with Gasteiger partial charge in [-0.15, -0.1) is 0 Å². The number of methoxy groups -OCH3 is 1. The van der Waals surface area contributed by atoms with Crippen LogP contribution in [0.4, 0.5) is 0 Å². The number of phenolic OH excluding ortho intramolecular Hbond substituents is 1. The second-order valence-electron chi connectivity index (χ2n) is 19.4. The van der Waals surface area contributed by atoms with E-state index < -0.39 is 41.3 Å². The number of phenols is 1. The van der Waals surface area contributed by atoms with Gasteiger partial charge in [0.25, 0.3) is 5.91 Å². The zero-order chi connectivity index (χ0) is 44.8. The van der Waals surface area contributed by atoms with Gasteiger partial charge >= 0.3 is 5.97 Å². The number of hydrogen-bond acceptors (Lipinski definition) is 9. The van der Waals surface area contributed by atoms with Crippen molar-refractivity contribution in [3.63, 3.8) is 0 Å². The number of hydrazine groups is 1. The first-order valence-electron chi connectivity index (χ1n) is 22.1. The Morgan fingerprint density at radius 2 is 1.82 bits per heavy atom. The summed E-state index contributed by atoms with van der Waals surface area (Å²) in [4.78, 5) is 62.8. The predicted octanol–water partition coefficient (Wildman–Crippen LogP) is 6.98. The van der Waals surface area contributed by atoms with E-state index in [9.17, 15) is 24.3 Å². The van der Waals surface area contributed by atoms with E-state index in [1.54, 1.807) is 32.5 Å². The number of benzene rings is 2. The molecule has 3 amide bonds. The molecule has 332 valence electrons. The van der Waals surface area contributed by atoms with Crippen LogP contribution in [0.5, 0.6) is 5.75 Å². The summed E-state index contributed by atoms with van der Waals surface area (Å²) in [6.07, 6.45) is 3.87. The Morgan fingerprint density at radius 1 is 1.08 bits per heavy atom. The van der Waals surface area contributed by atoms with Gasteiger partial charge in [0.05, 0.1) is 24.1 Å². The Labute approximate surface area is 365 Å². The first kappa shape index (κ1) is 44.8. The summed E-state index contributed by atoms with van der Waals surface area (Å²) in [5.74, 6) is -1.83. The summed E-state index contributed by atoms with van der Waals surface area (Å²) in [6, 6.07) is 12.9. The highest BCUT2D eigenvalue weighted by atomic mass is 16.5. The molecular weight excluding hydrogens is 785 g/mol. The van der Waals surface area contributed by atoms with Gasteiger partial charge in [-0.25, -0.2) is 5.43 Å². The number of cyclic esters (lactones) is 1. The fourth-order valence-electron chi connectivity index (χ4n) is 9.52. The van der Waals surface area contributed by atoms with Gasteiger partial charge in [0.15, 0.2) is 0 Å². The largest absolute Gasteiger partial charge is 0.508 e. The second-order valence-corrected chi connectivity index (χ2v) is 19.4. The van der Waals surface area contributed by atoms with Gasteiger partial charge in [0.1, 0.15) is 23.9 Å². The van der Waals surface area contributed by atoms with Crippen LogP contribution < -0.4 is 10.7 Å². The van der Waals surface area contributed by atoms with E-state index in [1.165, 1.54) is 9.91 Å². The van der Waals surface area contributed by atoms with Crippen molar-refractivity contribution in [1.29, 1.82) is 0 Å². The molecule has 0 spiro atoms. The van der Waals surface area contributed by atoms with Crippen molar-refractivity contribution < 1.29 is 33.8 Å². The lowest BCUT2D eigenvalue weighted by Crippen LogP contribution is -2.62. The first-order valence-corrected chi connectivity index (χ1v) is 22.1. The highest BCUT2D eigenvalue weighted by molar-refractivity contribution is 5.96. The quantitative estimate of drug-likeness (QED) is 0.151. The van der Waals surface area contributed by atoms with Crippen LogP contribution in [-0.4, -0.2) is 93.7 Å². The van der Waals surface area contributed by atoms with Crippen LogP contribution in [-0.2, 0) is 48.0 Å². The molecule has 2 aliphatic heterocycles. The van der Waals surface area contributed by atoms with Crippen molar-refractivity contribution in [3.8, 4) is 28.1 Å². The van der Waals surface area contributed by atoms with Crippen molar-refractivity contribution in [2.24, 2.45) is 22.7 Å². The van der Waals surface area contributed by atoms with E-state index in [4.69, 9.17) is 14.5 Å². The van der Waals surface area contributed by atoms with Gasteiger partial charge in [-0.2, -0.15) is 0 Å². The molecule has 13 nitrogen and oxygen atoms in total. The number of aromatic hydroxyl groups is 1. The zero-order valence-electron chi connectivity index (χ0n) is 38.0. The van der Waals surface area contributed by atoms with Gasteiger partial charge in [0.2, 0.25) is 11.8 Å². The Hall–Kier alpha value is -5.27. The van der Waals surface area contributed by atoms with Crippen LogP contribution in [0, 0.1) is 22.7 Å². The lowest BCUT2D eigenvalue weighted by atomic mass is 9.84. The third kappa shape index (κ3) is 8.97. The van der Waals surface area contributed by atoms with Crippen LogP contribution in [0.25, 0.3) is 33.3 Å². The molecule has 2 fully saturated rings. The third-order valence-corrected chi connectivity index (χ3v) is 13.2. The Morgan fingerprint density at radius 3 is 2.50 bits per heavy atom. The number of nitrogens with one attached hydrogen (secondary N) is 2. The molecular formula is C49H64N6O7. The second kappa shape index (κ2) is 17.5. The fraction of sp³-hybridized carbons (Fsp3) is 0.531. The Balaban J connectivity index is 1.35. The lowest BCUT2D eigenvalue weighted by molar-refractivity contribution is -0.155. The number of nitrogens with zero attached hydrogens (tertiary/aromatic N) is 4. The summed E-state index contributed by atoms with van der Waals surface area (Å²) < 4.78 is 14.2. The molecule has 2 aromatic heterocycles.